The molecule has 0 saturated heterocycles. The lowest BCUT2D eigenvalue weighted by Gasteiger charge is -2.17. The van der Waals surface area contributed by atoms with Crippen LogP contribution in [0.15, 0.2) is 39.3 Å². The number of anilines is 3. The highest BCUT2D eigenvalue weighted by molar-refractivity contribution is 9.10. The van der Waals surface area contributed by atoms with Gasteiger partial charge < -0.3 is 20.5 Å². The van der Waals surface area contributed by atoms with Crippen molar-refractivity contribution in [3.63, 3.8) is 0 Å². The van der Waals surface area contributed by atoms with E-state index in [0.29, 0.717) is 27.7 Å². The van der Waals surface area contributed by atoms with Crippen LogP contribution in [-0.4, -0.2) is 50.0 Å². The number of hydrogen-bond donors (Lipinski definition) is 3. The van der Waals surface area contributed by atoms with Gasteiger partial charge in [0, 0.05) is 23.9 Å². The Bertz CT molecular complexity index is 951. The Morgan fingerprint density at radius 1 is 1.25 bits per heavy atom. The van der Waals surface area contributed by atoms with Crippen LogP contribution in [0.1, 0.15) is 13.8 Å². The van der Waals surface area contributed by atoms with Gasteiger partial charge in [-0.3, -0.25) is 0 Å². The molecule has 0 spiro atoms. The molecule has 0 radical (unpaired) electrons. The van der Waals surface area contributed by atoms with Gasteiger partial charge in [0.15, 0.2) is 0 Å². The van der Waals surface area contributed by atoms with E-state index in [9.17, 15) is 14.1 Å². The molecule has 0 aliphatic carbocycles. The summed E-state index contributed by atoms with van der Waals surface area (Å²) in [6.07, 6.45) is 3.23. The summed E-state index contributed by atoms with van der Waals surface area (Å²) < 4.78 is 21.3. The van der Waals surface area contributed by atoms with E-state index in [1.165, 1.54) is 12.5 Å². The SMILES string of the molecule is C[C@@H](O)[C@@H](C)Oc1nc(Nc2ccc(NC(=O)N=S(C)(C)=O)cc2)ncc1Br. The molecule has 2 amide bonds. The Morgan fingerprint density at radius 3 is 2.43 bits per heavy atom. The average molecular weight is 472 g/mol. The number of ether oxygens (including phenoxy) is 1. The maximum absolute atomic E-state index is 11.7. The smallest absolute Gasteiger partial charge is 0.353 e. The van der Waals surface area contributed by atoms with Crippen LogP contribution in [0.3, 0.4) is 0 Å². The van der Waals surface area contributed by atoms with Crippen molar-refractivity contribution in [2.75, 3.05) is 23.1 Å². The molecule has 1 aromatic heterocycles. The van der Waals surface area contributed by atoms with Crippen molar-refractivity contribution in [2.45, 2.75) is 26.1 Å². The number of amides is 2. The van der Waals surface area contributed by atoms with Crippen LogP contribution in [0.5, 0.6) is 5.88 Å². The molecule has 9 nitrogen and oxygen atoms in total. The molecule has 152 valence electrons. The van der Waals surface area contributed by atoms with Crippen molar-refractivity contribution in [1.29, 1.82) is 0 Å². The van der Waals surface area contributed by atoms with Gasteiger partial charge in [-0.2, -0.15) is 4.98 Å². The molecule has 0 aliphatic heterocycles. The minimum absolute atomic E-state index is 0.305. The summed E-state index contributed by atoms with van der Waals surface area (Å²) in [5, 5.41) is 15.1. The van der Waals surface area contributed by atoms with Crippen LogP contribution in [-0.2, 0) is 9.73 Å². The fraction of sp³-hybridized carbons (Fsp3) is 0.353. The molecule has 2 rings (SSSR count). The number of halogens is 1. The van der Waals surface area contributed by atoms with Gasteiger partial charge in [-0.25, -0.2) is 14.0 Å². The van der Waals surface area contributed by atoms with Crippen LogP contribution in [0.4, 0.5) is 22.1 Å². The first kappa shape index (κ1) is 22.1. The number of benzene rings is 1. The van der Waals surface area contributed by atoms with Crippen LogP contribution in [0.25, 0.3) is 0 Å². The Balaban J connectivity index is 2.08. The molecule has 0 saturated carbocycles. The lowest BCUT2D eigenvalue weighted by Crippen LogP contribution is -2.26. The molecule has 11 heteroatoms. The van der Waals surface area contributed by atoms with E-state index in [0.717, 1.165) is 0 Å². The predicted molar refractivity (Wildman–Crippen MR) is 113 cm³/mol. The monoisotopic (exact) mass is 471 g/mol. The molecule has 0 fully saturated rings. The second-order valence-corrected chi connectivity index (χ2v) is 9.71. The number of aromatic nitrogens is 2. The van der Waals surface area contributed by atoms with Crippen LogP contribution in [0, 0.1) is 0 Å². The first-order valence-corrected chi connectivity index (χ1v) is 11.4. The molecular weight excluding hydrogens is 450 g/mol. The Labute approximate surface area is 172 Å². The lowest BCUT2D eigenvalue weighted by atomic mass is 10.3. The maximum Gasteiger partial charge on any atom is 0.353 e. The second-order valence-electron chi connectivity index (χ2n) is 6.32. The van der Waals surface area contributed by atoms with E-state index in [2.05, 4.69) is 40.9 Å². The van der Waals surface area contributed by atoms with E-state index in [1.54, 1.807) is 44.3 Å². The second kappa shape index (κ2) is 9.30. The quantitative estimate of drug-likeness (QED) is 0.588. The minimum Gasteiger partial charge on any atom is -0.471 e. The molecule has 0 aliphatic rings. The Morgan fingerprint density at radius 2 is 1.86 bits per heavy atom. The van der Waals surface area contributed by atoms with Crippen molar-refractivity contribution >= 4 is 49.0 Å². The van der Waals surface area contributed by atoms with Crippen molar-refractivity contribution in [3.8, 4) is 5.88 Å². The first-order chi connectivity index (χ1) is 13.0. The third kappa shape index (κ3) is 7.06. The maximum atomic E-state index is 11.7. The summed E-state index contributed by atoms with van der Waals surface area (Å²) in [5.41, 5.74) is 1.19. The number of carbonyl (C=O) groups is 1. The third-order valence-corrected chi connectivity index (χ3v) is 4.53. The van der Waals surface area contributed by atoms with E-state index in [1.807, 2.05) is 0 Å². The number of rotatable bonds is 6. The van der Waals surface area contributed by atoms with E-state index >= 15 is 0 Å². The molecule has 1 heterocycles. The number of urea groups is 1. The molecule has 2 aromatic rings. The van der Waals surface area contributed by atoms with Crippen LogP contribution < -0.4 is 15.4 Å². The zero-order valence-electron chi connectivity index (χ0n) is 15.8. The van der Waals surface area contributed by atoms with E-state index < -0.39 is 28.0 Å². The standard InChI is InChI=1S/C17H22BrN5O4S/c1-10(24)11(2)27-15-14(18)9-19-16(22-15)20-12-5-7-13(8-6-12)21-17(25)23-28(3,4)26/h5-11,24H,1-4H3,(H,21,25)(H,19,20,22)/t10-,11-/m1/s1. The third-order valence-electron chi connectivity index (χ3n) is 3.38. The summed E-state index contributed by atoms with van der Waals surface area (Å²) in [6, 6.07) is 6.09. The summed E-state index contributed by atoms with van der Waals surface area (Å²) in [4.78, 5) is 20.1. The topological polar surface area (TPSA) is 126 Å². The van der Waals surface area contributed by atoms with Gasteiger partial charge >= 0.3 is 6.03 Å². The zero-order chi connectivity index (χ0) is 20.9. The predicted octanol–water partition coefficient (Wildman–Crippen LogP) is 3.39. The van der Waals surface area contributed by atoms with Gasteiger partial charge in [0.25, 0.3) is 0 Å². The number of nitrogens with zero attached hydrogens (tertiary/aromatic N) is 3. The summed E-state index contributed by atoms with van der Waals surface area (Å²) in [6.45, 7) is 3.37. The van der Waals surface area contributed by atoms with Gasteiger partial charge in [-0.05, 0) is 54.0 Å². The first-order valence-electron chi connectivity index (χ1n) is 8.26. The van der Waals surface area contributed by atoms with Gasteiger partial charge in [0.2, 0.25) is 11.8 Å². The molecule has 28 heavy (non-hydrogen) atoms. The summed E-state index contributed by atoms with van der Waals surface area (Å²) >= 11 is 3.32. The molecule has 2 atom stereocenters. The average Bonchev–Trinajstić information content (AvgIpc) is 2.57. The molecule has 1 aromatic carbocycles. The molecule has 3 N–H and O–H groups in total. The highest BCUT2D eigenvalue weighted by Crippen LogP contribution is 2.25. The van der Waals surface area contributed by atoms with Gasteiger partial charge in [-0.15, -0.1) is 4.36 Å². The van der Waals surface area contributed by atoms with Crippen molar-refractivity contribution in [3.05, 3.63) is 34.9 Å². The molecule has 0 unspecified atom stereocenters. The number of hydrogen-bond acceptors (Lipinski definition) is 7. The number of nitrogens with one attached hydrogen (secondary N) is 2. The van der Waals surface area contributed by atoms with Crippen molar-refractivity contribution < 1.29 is 18.8 Å². The molecular formula is C17H22BrN5O4S. The van der Waals surface area contributed by atoms with Crippen molar-refractivity contribution in [2.24, 2.45) is 4.36 Å². The highest BCUT2D eigenvalue weighted by Gasteiger charge is 2.14. The normalized spacial score (nSPS) is 13.4. The molecule has 0 bridgehead atoms. The lowest BCUT2D eigenvalue weighted by molar-refractivity contribution is 0.0569. The fourth-order valence-electron chi connectivity index (χ4n) is 1.88. The van der Waals surface area contributed by atoms with Gasteiger partial charge in [0.1, 0.15) is 6.10 Å². The summed E-state index contributed by atoms with van der Waals surface area (Å²) in [7, 11) is -2.51. The van der Waals surface area contributed by atoms with Gasteiger partial charge in [0.05, 0.1) is 26.5 Å². The minimum atomic E-state index is -2.51. The number of aliphatic hydroxyl groups excluding tert-OH is 1. The Kier molecular flexibility index (Phi) is 7.33. The van der Waals surface area contributed by atoms with Crippen LogP contribution >= 0.6 is 15.9 Å². The largest absolute Gasteiger partial charge is 0.471 e. The number of aliphatic hydroxyl groups is 1. The Hall–Kier alpha value is -2.24. The fourth-order valence-corrected chi connectivity index (χ4v) is 2.61. The number of carbonyl (C=O) groups excluding carboxylic acids is 1. The van der Waals surface area contributed by atoms with E-state index in [4.69, 9.17) is 4.74 Å². The van der Waals surface area contributed by atoms with Crippen molar-refractivity contribution in [1.82, 2.24) is 9.97 Å². The summed E-state index contributed by atoms with van der Waals surface area (Å²) in [5.74, 6) is 0.610. The van der Waals surface area contributed by atoms with Gasteiger partial charge in [-0.1, -0.05) is 0 Å². The van der Waals surface area contributed by atoms with E-state index in [-0.39, 0.29) is 0 Å². The highest BCUT2D eigenvalue weighted by atomic mass is 79.9. The zero-order valence-corrected chi connectivity index (χ0v) is 18.2. The van der Waals surface area contributed by atoms with Crippen LogP contribution in [0.2, 0.25) is 0 Å².